The van der Waals surface area contributed by atoms with E-state index in [1.807, 2.05) is 52.0 Å². The second-order valence-corrected chi connectivity index (χ2v) is 8.48. The number of nitrogens with one attached hydrogen (secondary N) is 1. The average molecular weight is 407 g/mol. The minimum Gasteiger partial charge on any atom is -0.497 e. The Morgan fingerprint density at radius 2 is 1.59 bits per heavy atom. The van der Waals surface area contributed by atoms with Crippen molar-refractivity contribution in [1.29, 1.82) is 0 Å². The Kier molecular flexibility index (Phi) is 5.33. The van der Waals surface area contributed by atoms with Gasteiger partial charge in [-0.3, -0.25) is 4.79 Å². The molecule has 0 saturated carbocycles. The third-order valence-corrected chi connectivity index (χ3v) is 5.29. The number of fused-ring (bicyclic) bond motifs is 3. The molecule has 3 aliphatic rings. The van der Waals surface area contributed by atoms with Crippen LogP contribution < -0.4 is 10.1 Å². The van der Waals surface area contributed by atoms with E-state index >= 15 is 0 Å². The number of amides is 1. The average Bonchev–Trinajstić information content (AvgIpc) is 3.15. The summed E-state index contributed by atoms with van der Waals surface area (Å²) in [5.41, 5.74) is 1.10. The Balaban J connectivity index is 1.40. The van der Waals surface area contributed by atoms with Gasteiger partial charge in [0, 0.05) is 6.54 Å². The van der Waals surface area contributed by atoms with Crippen molar-refractivity contribution >= 4 is 5.91 Å². The molecule has 0 spiro atoms. The van der Waals surface area contributed by atoms with Gasteiger partial charge in [-0.25, -0.2) is 0 Å². The van der Waals surface area contributed by atoms with Crippen molar-refractivity contribution in [3.63, 3.8) is 0 Å². The second kappa shape index (κ2) is 7.52. The summed E-state index contributed by atoms with van der Waals surface area (Å²) in [5.74, 6) is -1.08. The third-order valence-electron chi connectivity index (χ3n) is 5.29. The fourth-order valence-corrected chi connectivity index (χ4v) is 4.05. The van der Waals surface area contributed by atoms with Crippen LogP contribution in [-0.2, 0) is 34.9 Å². The van der Waals surface area contributed by atoms with E-state index in [1.54, 1.807) is 7.11 Å². The van der Waals surface area contributed by atoms with Gasteiger partial charge in [-0.05, 0) is 51.8 Å². The fourth-order valence-electron chi connectivity index (χ4n) is 4.05. The van der Waals surface area contributed by atoms with E-state index < -0.39 is 42.3 Å². The Bertz CT molecular complexity index is 748. The third kappa shape index (κ3) is 4.27. The molecule has 0 aliphatic carbocycles. The molecule has 1 N–H and O–H groups in total. The predicted molar refractivity (Wildman–Crippen MR) is 102 cm³/mol. The summed E-state index contributed by atoms with van der Waals surface area (Å²) in [6.45, 7) is 7.74. The van der Waals surface area contributed by atoms with E-state index in [9.17, 15) is 4.79 Å². The first-order valence-corrected chi connectivity index (χ1v) is 9.95. The molecule has 3 fully saturated rings. The van der Waals surface area contributed by atoms with Gasteiger partial charge in [0.1, 0.15) is 24.1 Å². The van der Waals surface area contributed by atoms with Crippen LogP contribution in [0, 0.1) is 0 Å². The Morgan fingerprint density at radius 1 is 0.966 bits per heavy atom. The summed E-state index contributed by atoms with van der Waals surface area (Å²) in [5, 5.41) is 2.94. The minimum atomic E-state index is -0.837. The van der Waals surface area contributed by atoms with Crippen LogP contribution in [0.2, 0.25) is 0 Å². The maximum Gasteiger partial charge on any atom is 0.252 e. The van der Waals surface area contributed by atoms with Gasteiger partial charge in [-0.15, -0.1) is 0 Å². The number of hydrogen-bond acceptors (Lipinski definition) is 7. The summed E-state index contributed by atoms with van der Waals surface area (Å²) < 4.78 is 34.9. The molecule has 0 aromatic heterocycles. The molecular formula is C21H29NO7. The number of hydrogen-bond donors (Lipinski definition) is 1. The zero-order chi connectivity index (χ0) is 20.8. The van der Waals surface area contributed by atoms with Crippen molar-refractivity contribution in [2.24, 2.45) is 0 Å². The van der Waals surface area contributed by atoms with Crippen LogP contribution in [0.3, 0.4) is 0 Å². The van der Waals surface area contributed by atoms with Crippen molar-refractivity contribution < 1.29 is 33.2 Å². The lowest BCUT2D eigenvalue weighted by atomic mass is 9.98. The first kappa shape index (κ1) is 20.6. The minimum absolute atomic E-state index is 0.249. The van der Waals surface area contributed by atoms with Crippen molar-refractivity contribution in [1.82, 2.24) is 5.32 Å². The van der Waals surface area contributed by atoms with Crippen LogP contribution in [-0.4, -0.2) is 61.8 Å². The molecule has 5 atom stereocenters. The van der Waals surface area contributed by atoms with Gasteiger partial charge in [0.25, 0.3) is 5.91 Å². The van der Waals surface area contributed by atoms with Gasteiger partial charge in [-0.2, -0.15) is 0 Å². The highest BCUT2D eigenvalue weighted by molar-refractivity contribution is 5.81. The molecule has 4 rings (SSSR count). The van der Waals surface area contributed by atoms with Crippen LogP contribution >= 0.6 is 0 Å². The molecule has 3 aliphatic heterocycles. The molecule has 3 saturated heterocycles. The van der Waals surface area contributed by atoms with E-state index in [0.29, 0.717) is 13.0 Å². The molecule has 160 valence electrons. The lowest BCUT2D eigenvalue weighted by Gasteiger charge is -2.36. The molecule has 8 nitrogen and oxygen atoms in total. The van der Waals surface area contributed by atoms with Crippen molar-refractivity contribution in [3.05, 3.63) is 29.8 Å². The van der Waals surface area contributed by atoms with Crippen LogP contribution in [0.4, 0.5) is 0 Å². The Labute approximate surface area is 170 Å². The van der Waals surface area contributed by atoms with Crippen molar-refractivity contribution in [2.45, 2.75) is 76.4 Å². The first-order valence-electron chi connectivity index (χ1n) is 9.95. The second-order valence-electron chi connectivity index (χ2n) is 8.48. The van der Waals surface area contributed by atoms with E-state index in [0.717, 1.165) is 11.3 Å². The van der Waals surface area contributed by atoms with Crippen LogP contribution in [0.25, 0.3) is 0 Å². The quantitative estimate of drug-likeness (QED) is 0.796. The van der Waals surface area contributed by atoms with Gasteiger partial charge in [0.2, 0.25) is 0 Å². The Morgan fingerprint density at radius 3 is 2.28 bits per heavy atom. The maximum atomic E-state index is 12.9. The van der Waals surface area contributed by atoms with Gasteiger partial charge >= 0.3 is 0 Å². The highest BCUT2D eigenvalue weighted by atomic mass is 16.9. The van der Waals surface area contributed by atoms with Gasteiger partial charge < -0.3 is 33.7 Å². The fraction of sp³-hybridized carbons (Fsp3) is 0.667. The number of ether oxygens (including phenoxy) is 6. The lowest BCUT2D eigenvalue weighted by molar-refractivity contribution is -0.231. The maximum absolute atomic E-state index is 12.9. The lowest BCUT2D eigenvalue weighted by Crippen LogP contribution is -2.59. The highest BCUT2D eigenvalue weighted by Gasteiger charge is 2.62. The topological polar surface area (TPSA) is 84.5 Å². The SMILES string of the molecule is COc1ccc(CCNC(=O)C2OC3OC(C)(C)OC3C3OC(C)(C)OC23)cc1. The number of carbonyl (C=O) groups excluding carboxylic acids is 1. The van der Waals surface area contributed by atoms with Crippen LogP contribution in [0.5, 0.6) is 5.75 Å². The number of rotatable bonds is 5. The van der Waals surface area contributed by atoms with E-state index in [2.05, 4.69) is 5.32 Å². The summed E-state index contributed by atoms with van der Waals surface area (Å²) in [7, 11) is 1.63. The summed E-state index contributed by atoms with van der Waals surface area (Å²) in [6.07, 6.45) is -2.27. The van der Waals surface area contributed by atoms with Crippen molar-refractivity contribution in [3.8, 4) is 5.75 Å². The number of carbonyl (C=O) groups is 1. The standard InChI is InChI=1S/C21H29NO7/c1-20(2)26-14-15(27-20)17-19(29-21(3,4)28-17)25-16(14)18(23)22-11-10-12-6-8-13(24-5)9-7-12/h6-9,14-17,19H,10-11H2,1-5H3,(H,22,23). The summed E-state index contributed by atoms with van der Waals surface area (Å²) >= 11 is 0. The van der Waals surface area contributed by atoms with Gasteiger partial charge in [0.05, 0.1) is 7.11 Å². The van der Waals surface area contributed by atoms with Gasteiger partial charge in [0.15, 0.2) is 24.0 Å². The molecular weight excluding hydrogens is 378 g/mol. The number of methoxy groups -OCH3 is 1. The zero-order valence-electron chi connectivity index (χ0n) is 17.5. The molecule has 1 aromatic rings. The van der Waals surface area contributed by atoms with Crippen LogP contribution in [0.1, 0.15) is 33.3 Å². The molecule has 5 unspecified atom stereocenters. The van der Waals surface area contributed by atoms with E-state index in [4.69, 9.17) is 28.4 Å². The zero-order valence-corrected chi connectivity index (χ0v) is 17.5. The van der Waals surface area contributed by atoms with Gasteiger partial charge in [-0.1, -0.05) is 12.1 Å². The van der Waals surface area contributed by atoms with E-state index in [-0.39, 0.29) is 5.91 Å². The molecule has 1 amide bonds. The first-order chi connectivity index (χ1) is 13.7. The molecule has 3 heterocycles. The van der Waals surface area contributed by atoms with Crippen LogP contribution in [0.15, 0.2) is 24.3 Å². The Hall–Kier alpha value is -1.71. The largest absolute Gasteiger partial charge is 0.497 e. The highest BCUT2D eigenvalue weighted by Crippen LogP contribution is 2.44. The normalized spacial score (nSPS) is 34.3. The summed E-state index contributed by atoms with van der Waals surface area (Å²) in [6, 6.07) is 7.75. The molecule has 0 bridgehead atoms. The molecule has 0 radical (unpaired) electrons. The monoisotopic (exact) mass is 407 g/mol. The predicted octanol–water partition coefficient (Wildman–Crippen LogP) is 1.75. The molecule has 29 heavy (non-hydrogen) atoms. The molecule has 1 aromatic carbocycles. The van der Waals surface area contributed by atoms with Crippen molar-refractivity contribution in [2.75, 3.05) is 13.7 Å². The van der Waals surface area contributed by atoms with E-state index in [1.165, 1.54) is 0 Å². The summed E-state index contributed by atoms with van der Waals surface area (Å²) in [4.78, 5) is 12.9. The number of benzene rings is 1. The smallest absolute Gasteiger partial charge is 0.252 e. The molecule has 8 heteroatoms.